The third-order valence-electron chi connectivity index (χ3n) is 2.93. The fraction of sp³-hybridized carbons (Fsp3) is 0.636. The first kappa shape index (κ1) is 10.2. The van der Waals surface area contributed by atoms with Crippen molar-refractivity contribution in [3.8, 4) is 0 Å². The lowest BCUT2D eigenvalue weighted by molar-refractivity contribution is 0.0928. The van der Waals surface area contributed by atoms with Gasteiger partial charge in [0.25, 0.3) is 5.91 Å². The minimum atomic E-state index is 0.00463. The van der Waals surface area contributed by atoms with Gasteiger partial charge in [0.2, 0.25) is 0 Å². The summed E-state index contributed by atoms with van der Waals surface area (Å²) in [6.07, 6.45) is 4.69. The van der Waals surface area contributed by atoms with Gasteiger partial charge < -0.3 is 5.32 Å². The van der Waals surface area contributed by atoms with E-state index in [1.807, 2.05) is 13.0 Å². The van der Waals surface area contributed by atoms with E-state index in [9.17, 15) is 4.79 Å². The molecule has 0 unspecified atom stereocenters. The number of hydrogen-bond donors (Lipinski definition) is 1. The highest BCUT2D eigenvalue weighted by atomic mass is 16.2. The van der Waals surface area contributed by atoms with E-state index in [0.717, 1.165) is 18.5 Å². The van der Waals surface area contributed by atoms with Gasteiger partial charge in [0, 0.05) is 13.1 Å². The number of rotatable bonds is 2. The van der Waals surface area contributed by atoms with Gasteiger partial charge in [-0.05, 0) is 25.8 Å². The molecule has 0 saturated heterocycles. The predicted molar refractivity (Wildman–Crippen MR) is 57.7 cm³/mol. The highest BCUT2D eigenvalue weighted by Crippen LogP contribution is 2.18. The van der Waals surface area contributed by atoms with Crippen LogP contribution in [-0.4, -0.2) is 21.7 Å². The Morgan fingerprint density at radius 3 is 2.73 bits per heavy atom. The summed E-state index contributed by atoms with van der Waals surface area (Å²) in [7, 11) is 1.80. The number of carbonyl (C=O) groups excluding carboxylic acids is 1. The second kappa shape index (κ2) is 4.04. The molecule has 1 aromatic heterocycles. The average molecular weight is 207 g/mol. The molecule has 0 aromatic carbocycles. The summed E-state index contributed by atoms with van der Waals surface area (Å²) in [5.41, 5.74) is 1.54. The zero-order chi connectivity index (χ0) is 10.8. The van der Waals surface area contributed by atoms with Crippen molar-refractivity contribution >= 4 is 5.91 Å². The quantitative estimate of drug-likeness (QED) is 0.796. The maximum Gasteiger partial charge on any atom is 0.269 e. The summed E-state index contributed by atoms with van der Waals surface area (Å²) in [4.78, 5) is 11.9. The van der Waals surface area contributed by atoms with E-state index in [1.165, 1.54) is 12.8 Å². The number of hydrogen-bond acceptors (Lipinski definition) is 2. The van der Waals surface area contributed by atoms with E-state index in [0.29, 0.717) is 11.7 Å². The van der Waals surface area contributed by atoms with Crippen LogP contribution in [0.1, 0.15) is 41.9 Å². The maximum atomic E-state index is 11.9. The van der Waals surface area contributed by atoms with Gasteiger partial charge >= 0.3 is 0 Å². The number of aromatic nitrogens is 2. The fourth-order valence-corrected chi connectivity index (χ4v) is 2.15. The van der Waals surface area contributed by atoms with E-state index in [-0.39, 0.29) is 5.91 Å². The Balaban J connectivity index is 2.03. The van der Waals surface area contributed by atoms with E-state index >= 15 is 0 Å². The Bertz CT molecular complexity index is 364. The molecule has 4 heteroatoms. The molecule has 4 nitrogen and oxygen atoms in total. The third kappa shape index (κ3) is 2.19. The van der Waals surface area contributed by atoms with Gasteiger partial charge in [-0.1, -0.05) is 12.8 Å². The van der Waals surface area contributed by atoms with Gasteiger partial charge in [-0.3, -0.25) is 9.48 Å². The molecule has 2 rings (SSSR count). The molecule has 1 aliphatic carbocycles. The second-order valence-electron chi connectivity index (χ2n) is 4.25. The highest BCUT2D eigenvalue weighted by molar-refractivity contribution is 5.92. The lowest BCUT2D eigenvalue weighted by Gasteiger charge is -2.11. The molecule has 1 aliphatic rings. The number of nitrogens with one attached hydrogen (secondary N) is 1. The van der Waals surface area contributed by atoms with E-state index in [2.05, 4.69) is 10.4 Å². The van der Waals surface area contributed by atoms with Crippen molar-refractivity contribution in [1.82, 2.24) is 15.1 Å². The molecular formula is C11H17N3O. The Morgan fingerprint density at radius 1 is 1.53 bits per heavy atom. The summed E-state index contributed by atoms with van der Waals surface area (Å²) >= 11 is 0. The molecule has 0 radical (unpaired) electrons. The fourth-order valence-electron chi connectivity index (χ4n) is 2.15. The van der Waals surface area contributed by atoms with Crippen molar-refractivity contribution in [2.24, 2.45) is 7.05 Å². The van der Waals surface area contributed by atoms with Crippen molar-refractivity contribution in [1.29, 1.82) is 0 Å². The maximum absolute atomic E-state index is 11.9. The number of amides is 1. The monoisotopic (exact) mass is 207 g/mol. The molecule has 0 spiro atoms. The molecule has 1 aromatic rings. The first-order valence-corrected chi connectivity index (χ1v) is 5.48. The van der Waals surface area contributed by atoms with Gasteiger partial charge in [-0.15, -0.1) is 0 Å². The second-order valence-corrected chi connectivity index (χ2v) is 4.25. The molecule has 15 heavy (non-hydrogen) atoms. The molecule has 1 saturated carbocycles. The topological polar surface area (TPSA) is 46.9 Å². The van der Waals surface area contributed by atoms with Crippen molar-refractivity contribution in [2.75, 3.05) is 0 Å². The standard InChI is InChI=1S/C11H17N3O/c1-8-7-10(14(2)13-8)11(15)12-9-5-3-4-6-9/h7,9H,3-6H2,1-2H3,(H,12,15). The van der Waals surface area contributed by atoms with Crippen LogP contribution in [0.15, 0.2) is 6.07 Å². The van der Waals surface area contributed by atoms with Gasteiger partial charge in [-0.2, -0.15) is 5.10 Å². The molecular weight excluding hydrogens is 190 g/mol. The zero-order valence-electron chi connectivity index (χ0n) is 9.29. The Labute approximate surface area is 89.7 Å². The van der Waals surface area contributed by atoms with Crippen molar-refractivity contribution in [2.45, 2.75) is 38.6 Å². The van der Waals surface area contributed by atoms with Gasteiger partial charge in [-0.25, -0.2) is 0 Å². The van der Waals surface area contributed by atoms with Crippen LogP contribution in [0.5, 0.6) is 0 Å². The molecule has 1 N–H and O–H groups in total. The van der Waals surface area contributed by atoms with Gasteiger partial charge in [0.1, 0.15) is 5.69 Å². The predicted octanol–water partition coefficient (Wildman–Crippen LogP) is 1.40. The Morgan fingerprint density at radius 2 is 2.20 bits per heavy atom. The van der Waals surface area contributed by atoms with E-state index < -0.39 is 0 Å². The van der Waals surface area contributed by atoms with Crippen LogP contribution in [-0.2, 0) is 7.05 Å². The molecule has 1 heterocycles. The molecule has 0 aliphatic heterocycles. The molecule has 0 atom stereocenters. The van der Waals surface area contributed by atoms with Crippen LogP contribution in [0.3, 0.4) is 0 Å². The summed E-state index contributed by atoms with van der Waals surface area (Å²) < 4.78 is 1.64. The van der Waals surface area contributed by atoms with Crippen molar-refractivity contribution in [3.05, 3.63) is 17.5 Å². The Kier molecular flexibility index (Phi) is 2.75. The lowest BCUT2D eigenvalue weighted by Crippen LogP contribution is -2.33. The minimum absolute atomic E-state index is 0.00463. The summed E-state index contributed by atoms with van der Waals surface area (Å²) in [5.74, 6) is 0.00463. The smallest absolute Gasteiger partial charge is 0.269 e. The van der Waals surface area contributed by atoms with Gasteiger partial charge in [0.15, 0.2) is 0 Å². The number of aryl methyl sites for hydroxylation is 2. The number of carbonyl (C=O) groups is 1. The van der Waals surface area contributed by atoms with Crippen LogP contribution >= 0.6 is 0 Å². The molecule has 1 fully saturated rings. The first-order valence-electron chi connectivity index (χ1n) is 5.48. The normalized spacial score (nSPS) is 16.9. The highest BCUT2D eigenvalue weighted by Gasteiger charge is 2.19. The van der Waals surface area contributed by atoms with E-state index in [4.69, 9.17) is 0 Å². The van der Waals surface area contributed by atoms with Crippen LogP contribution in [0, 0.1) is 6.92 Å². The zero-order valence-corrected chi connectivity index (χ0v) is 9.29. The Hall–Kier alpha value is -1.32. The van der Waals surface area contributed by atoms with Crippen molar-refractivity contribution < 1.29 is 4.79 Å². The van der Waals surface area contributed by atoms with Gasteiger partial charge in [0.05, 0.1) is 5.69 Å². The van der Waals surface area contributed by atoms with E-state index in [1.54, 1.807) is 11.7 Å². The van der Waals surface area contributed by atoms with Crippen LogP contribution in [0.25, 0.3) is 0 Å². The first-order chi connectivity index (χ1) is 7.16. The molecule has 0 bridgehead atoms. The lowest BCUT2D eigenvalue weighted by atomic mass is 10.2. The number of nitrogens with zero attached hydrogens (tertiary/aromatic N) is 2. The van der Waals surface area contributed by atoms with Crippen LogP contribution < -0.4 is 5.32 Å². The van der Waals surface area contributed by atoms with Crippen molar-refractivity contribution in [3.63, 3.8) is 0 Å². The molecule has 1 amide bonds. The summed E-state index contributed by atoms with van der Waals surface area (Å²) in [5, 5.41) is 7.21. The largest absolute Gasteiger partial charge is 0.348 e. The van der Waals surface area contributed by atoms with Crippen LogP contribution in [0.2, 0.25) is 0 Å². The SMILES string of the molecule is Cc1cc(C(=O)NC2CCCC2)n(C)n1. The third-order valence-corrected chi connectivity index (χ3v) is 2.93. The average Bonchev–Trinajstić information content (AvgIpc) is 2.75. The summed E-state index contributed by atoms with van der Waals surface area (Å²) in [6.45, 7) is 1.90. The van der Waals surface area contributed by atoms with Crippen LogP contribution in [0.4, 0.5) is 0 Å². The minimum Gasteiger partial charge on any atom is -0.348 e. The summed E-state index contributed by atoms with van der Waals surface area (Å²) in [6, 6.07) is 2.19. The molecule has 82 valence electrons.